The SMILES string of the molecule is C[C@@H]1C[C@@H]1C(=O)N1CC2(C1)OCC[C@@H]2CCOc1ccccn1. The number of carbonyl (C=O) groups excluding carboxylic acids is 1. The maximum atomic E-state index is 12.3. The molecule has 4 rings (SSSR count). The molecule has 1 aromatic rings. The first kappa shape index (κ1) is 14.9. The fourth-order valence-electron chi connectivity index (χ4n) is 3.94. The first-order chi connectivity index (χ1) is 11.2. The summed E-state index contributed by atoms with van der Waals surface area (Å²) < 4.78 is 11.8. The Balaban J connectivity index is 1.27. The van der Waals surface area contributed by atoms with Gasteiger partial charge < -0.3 is 14.4 Å². The monoisotopic (exact) mass is 316 g/mol. The van der Waals surface area contributed by atoms with Crippen LogP contribution in [0.15, 0.2) is 24.4 Å². The molecule has 3 heterocycles. The lowest BCUT2D eigenvalue weighted by Gasteiger charge is -2.50. The molecule has 3 atom stereocenters. The Morgan fingerprint density at radius 2 is 2.30 bits per heavy atom. The minimum absolute atomic E-state index is 0.110. The van der Waals surface area contributed by atoms with E-state index in [9.17, 15) is 4.79 Å². The summed E-state index contributed by atoms with van der Waals surface area (Å²) in [6.45, 7) is 5.14. The van der Waals surface area contributed by atoms with Crippen molar-refractivity contribution in [3.8, 4) is 5.88 Å². The lowest BCUT2D eigenvalue weighted by molar-refractivity contribution is -0.167. The van der Waals surface area contributed by atoms with Gasteiger partial charge in [0.25, 0.3) is 0 Å². The summed E-state index contributed by atoms with van der Waals surface area (Å²) in [6, 6.07) is 5.69. The molecule has 1 aliphatic carbocycles. The highest BCUT2D eigenvalue weighted by Gasteiger charge is 2.56. The van der Waals surface area contributed by atoms with Crippen LogP contribution in [0, 0.1) is 17.8 Å². The van der Waals surface area contributed by atoms with E-state index in [0.29, 0.717) is 30.2 Å². The van der Waals surface area contributed by atoms with Crippen molar-refractivity contribution in [3.63, 3.8) is 0 Å². The molecule has 5 nitrogen and oxygen atoms in total. The van der Waals surface area contributed by atoms with Crippen molar-refractivity contribution in [2.24, 2.45) is 17.8 Å². The fraction of sp³-hybridized carbons (Fsp3) is 0.667. The van der Waals surface area contributed by atoms with Gasteiger partial charge in [0.2, 0.25) is 11.8 Å². The highest BCUT2D eigenvalue weighted by Crippen LogP contribution is 2.45. The van der Waals surface area contributed by atoms with Crippen molar-refractivity contribution in [3.05, 3.63) is 24.4 Å². The van der Waals surface area contributed by atoms with Crippen LogP contribution in [-0.2, 0) is 9.53 Å². The van der Waals surface area contributed by atoms with Crippen LogP contribution in [0.1, 0.15) is 26.2 Å². The van der Waals surface area contributed by atoms with Crippen molar-refractivity contribution >= 4 is 5.91 Å². The van der Waals surface area contributed by atoms with Gasteiger partial charge in [-0.2, -0.15) is 0 Å². The summed E-state index contributed by atoms with van der Waals surface area (Å²) in [5.41, 5.74) is -0.110. The minimum Gasteiger partial charge on any atom is -0.478 e. The third-order valence-electron chi connectivity index (χ3n) is 5.61. The van der Waals surface area contributed by atoms with E-state index >= 15 is 0 Å². The van der Waals surface area contributed by atoms with Gasteiger partial charge >= 0.3 is 0 Å². The minimum atomic E-state index is -0.110. The van der Waals surface area contributed by atoms with Crippen LogP contribution in [0.4, 0.5) is 0 Å². The maximum Gasteiger partial charge on any atom is 0.226 e. The van der Waals surface area contributed by atoms with E-state index < -0.39 is 0 Å². The summed E-state index contributed by atoms with van der Waals surface area (Å²) in [4.78, 5) is 18.4. The predicted molar refractivity (Wildman–Crippen MR) is 85.0 cm³/mol. The summed E-state index contributed by atoms with van der Waals surface area (Å²) in [5.74, 6) is 2.34. The maximum absolute atomic E-state index is 12.3. The molecule has 0 radical (unpaired) electrons. The summed E-state index contributed by atoms with van der Waals surface area (Å²) in [5, 5.41) is 0. The Morgan fingerprint density at radius 3 is 3.00 bits per heavy atom. The van der Waals surface area contributed by atoms with Crippen LogP contribution >= 0.6 is 0 Å². The Labute approximate surface area is 137 Å². The molecule has 1 aromatic heterocycles. The zero-order valence-electron chi connectivity index (χ0n) is 13.6. The second-order valence-electron chi connectivity index (χ2n) is 7.22. The second-order valence-corrected chi connectivity index (χ2v) is 7.22. The highest BCUT2D eigenvalue weighted by atomic mass is 16.5. The van der Waals surface area contributed by atoms with Gasteiger partial charge in [-0.1, -0.05) is 13.0 Å². The van der Waals surface area contributed by atoms with Crippen LogP contribution in [0.25, 0.3) is 0 Å². The van der Waals surface area contributed by atoms with Crippen molar-refractivity contribution in [2.45, 2.75) is 31.8 Å². The number of nitrogens with zero attached hydrogens (tertiary/aromatic N) is 2. The Hall–Kier alpha value is -1.62. The van der Waals surface area contributed by atoms with E-state index in [0.717, 1.165) is 39.0 Å². The van der Waals surface area contributed by atoms with Crippen LogP contribution in [0.2, 0.25) is 0 Å². The lowest BCUT2D eigenvalue weighted by Crippen LogP contribution is -2.66. The lowest BCUT2D eigenvalue weighted by atomic mass is 9.79. The van der Waals surface area contributed by atoms with Crippen molar-refractivity contribution in [1.82, 2.24) is 9.88 Å². The number of ether oxygens (including phenoxy) is 2. The predicted octanol–water partition coefficient (Wildman–Crippen LogP) is 2.12. The second kappa shape index (κ2) is 5.78. The first-order valence-corrected chi connectivity index (χ1v) is 8.64. The average Bonchev–Trinajstić information content (AvgIpc) is 3.10. The molecule has 0 unspecified atom stereocenters. The molecular weight excluding hydrogens is 292 g/mol. The van der Waals surface area contributed by atoms with Crippen LogP contribution in [-0.4, -0.2) is 47.7 Å². The van der Waals surface area contributed by atoms with E-state index in [-0.39, 0.29) is 11.5 Å². The number of amides is 1. The molecule has 1 saturated carbocycles. The molecule has 1 amide bonds. The number of rotatable bonds is 5. The molecule has 23 heavy (non-hydrogen) atoms. The van der Waals surface area contributed by atoms with E-state index in [1.54, 1.807) is 6.20 Å². The van der Waals surface area contributed by atoms with Gasteiger partial charge in [0.05, 0.1) is 19.7 Å². The van der Waals surface area contributed by atoms with Crippen molar-refractivity contribution in [1.29, 1.82) is 0 Å². The standard InChI is InChI=1S/C18H24N2O3/c1-13-10-15(13)17(21)20-11-18(12-20)14(6-9-23-18)5-8-22-16-4-2-3-7-19-16/h2-4,7,13-15H,5-6,8-12H2,1H3/t13-,14+,15+/m1/s1. The molecule has 2 aliphatic heterocycles. The number of aromatic nitrogens is 1. The molecule has 0 N–H and O–H groups in total. The average molecular weight is 316 g/mol. The zero-order valence-corrected chi connectivity index (χ0v) is 13.6. The smallest absolute Gasteiger partial charge is 0.226 e. The Kier molecular flexibility index (Phi) is 3.76. The Bertz CT molecular complexity index is 571. The van der Waals surface area contributed by atoms with Crippen LogP contribution in [0.5, 0.6) is 5.88 Å². The molecule has 1 spiro atoms. The molecule has 0 aromatic carbocycles. The van der Waals surface area contributed by atoms with Crippen LogP contribution in [0.3, 0.4) is 0 Å². The van der Waals surface area contributed by atoms with Crippen molar-refractivity contribution in [2.75, 3.05) is 26.3 Å². The molecule has 3 aliphatic rings. The van der Waals surface area contributed by atoms with E-state index in [2.05, 4.69) is 11.9 Å². The molecule has 124 valence electrons. The zero-order chi connectivity index (χ0) is 15.9. The molecule has 0 bridgehead atoms. The summed E-state index contributed by atoms with van der Waals surface area (Å²) >= 11 is 0. The third kappa shape index (κ3) is 2.82. The van der Waals surface area contributed by atoms with Gasteiger partial charge in [0.1, 0.15) is 5.60 Å². The number of carbonyl (C=O) groups is 1. The topological polar surface area (TPSA) is 51.7 Å². The van der Waals surface area contributed by atoms with Gasteiger partial charge in [-0.25, -0.2) is 4.98 Å². The fourth-order valence-corrected chi connectivity index (χ4v) is 3.94. The van der Waals surface area contributed by atoms with Gasteiger partial charge in [-0.15, -0.1) is 0 Å². The molecule has 2 saturated heterocycles. The molecular formula is C18H24N2O3. The van der Waals surface area contributed by atoms with Gasteiger partial charge in [0.15, 0.2) is 0 Å². The molecule has 3 fully saturated rings. The number of hydrogen-bond donors (Lipinski definition) is 0. The van der Waals surface area contributed by atoms with Crippen molar-refractivity contribution < 1.29 is 14.3 Å². The quantitative estimate of drug-likeness (QED) is 0.835. The van der Waals surface area contributed by atoms with Gasteiger partial charge in [-0.3, -0.25) is 4.79 Å². The number of hydrogen-bond acceptors (Lipinski definition) is 4. The van der Waals surface area contributed by atoms with E-state index in [1.165, 1.54) is 0 Å². The van der Waals surface area contributed by atoms with Gasteiger partial charge in [0, 0.05) is 24.8 Å². The summed E-state index contributed by atoms with van der Waals surface area (Å²) in [7, 11) is 0. The van der Waals surface area contributed by atoms with E-state index in [1.807, 2.05) is 23.1 Å². The number of pyridine rings is 1. The normalized spacial score (nSPS) is 31.0. The Morgan fingerprint density at radius 1 is 1.48 bits per heavy atom. The molecule has 5 heteroatoms. The first-order valence-electron chi connectivity index (χ1n) is 8.64. The summed E-state index contributed by atoms with van der Waals surface area (Å²) in [6.07, 6.45) is 4.82. The highest BCUT2D eigenvalue weighted by molar-refractivity contribution is 5.82. The largest absolute Gasteiger partial charge is 0.478 e. The van der Waals surface area contributed by atoms with E-state index in [4.69, 9.17) is 9.47 Å². The van der Waals surface area contributed by atoms with Gasteiger partial charge in [-0.05, 0) is 37.2 Å². The number of likely N-dealkylation sites (tertiary alicyclic amines) is 1. The van der Waals surface area contributed by atoms with Crippen LogP contribution < -0.4 is 4.74 Å². The third-order valence-corrected chi connectivity index (χ3v) is 5.61.